The number of rotatable bonds is 4. The zero-order valence-electron chi connectivity index (χ0n) is 9.04. The monoisotopic (exact) mass is 253 g/mol. The van der Waals surface area contributed by atoms with Gasteiger partial charge in [-0.25, -0.2) is 0 Å². The van der Waals surface area contributed by atoms with E-state index in [4.69, 9.17) is 11.6 Å². The van der Waals surface area contributed by atoms with Gasteiger partial charge in [0.15, 0.2) is 0 Å². The van der Waals surface area contributed by atoms with Crippen LogP contribution in [0.5, 0.6) is 0 Å². The van der Waals surface area contributed by atoms with E-state index >= 15 is 0 Å². The molecule has 1 aromatic rings. The highest BCUT2D eigenvalue weighted by Gasteiger charge is 2.27. The fourth-order valence-corrected chi connectivity index (χ4v) is 1.75. The smallest absolute Gasteiger partial charge is 0.270 e. The van der Waals surface area contributed by atoms with Gasteiger partial charge in [0.05, 0.1) is 11.0 Å². The summed E-state index contributed by atoms with van der Waals surface area (Å²) >= 11 is 5.92. The van der Waals surface area contributed by atoms with Gasteiger partial charge in [0, 0.05) is 17.2 Å². The lowest BCUT2D eigenvalue weighted by molar-refractivity contribution is -0.384. The van der Waals surface area contributed by atoms with E-state index in [0.717, 1.165) is 12.8 Å². The van der Waals surface area contributed by atoms with Crippen molar-refractivity contribution in [2.24, 2.45) is 5.92 Å². The maximum Gasteiger partial charge on any atom is 0.270 e. The first-order valence-corrected chi connectivity index (χ1v) is 5.76. The van der Waals surface area contributed by atoms with Gasteiger partial charge >= 0.3 is 0 Å². The topological polar surface area (TPSA) is 63.4 Å². The van der Waals surface area contributed by atoms with Crippen molar-refractivity contribution in [2.45, 2.75) is 18.9 Å². The van der Waals surface area contributed by atoms with Crippen molar-refractivity contribution in [3.05, 3.63) is 45.0 Å². The van der Waals surface area contributed by atoms with Crippen molar-refractivity contribution >= 4 is 23.4 Å². The molecule has 0 aliphatic heterocycles. The lowest BCUT2D eigenvalue weighted by Crippen LogP contribution is -2.03. The Morgan fingerprint density at radius 2 is 2.24 bits per heavy atom. The summed E-state index contributed by atoms with van der Waals surface area (Å²) in [5.74, 6) is 0.337. The van der Waals surface area contributed by atoms with Crippen LogP contribution in [-0.2, 0) is 0 Å². The van der Waals surface area contributed by atoms with Crippen LogP contribution >= 0.6 is 11.6 Å². The van der Waals surface area contributed by atoms with E-state index in [1.807, 2.05) is 0 Å². The Kier molecular flexibility index (Phi) is 3.45. The van der Waals surface area contributed by atoms with E-state index in [1.165, 1.54) is 18.2 Å². The second kappa shape index (κ2) is 4.85. The van der Waals surface area contributed by atoms with Gasteiger partial charge in [0.2, 0.25) is 0 Å². The van der Waals surface area contributed by atoms with Gasteiger partial charge in [-0.05, 0) is 30.4 Å². The third-order valence-electron chi connectivity index (χ3n) is 2.77. The maximum absolute atomic E-state index is 10.6. The minimum Gasteiger partial charge on any atom is -0.389 e. The normalized spacial score (nSPS) is 17.3. The molecule has 1 aliphatic rings. The molecule has 90 valence electrons. The number of nitrogens with zero attached hydrogens (tertiary/aromatic N) is 1. The first-order chi connectivity index (χ1) is 8.08. The van der Waals surface area contributed by atoms with Crippen molar-refractivity contribution in [1.29, 1.82) is 0 Å². The second-order valence-electron chi connectivity index (χ2n) is 4.15. The fourth-order valence-electron chi connectivity index (χ4n) is 1.57. The first kappa shape index (κ1) is 12.1. The van der Waals surface area contributed by atoms with Gasteiger partial charge < -0.3 is 5.11 Å². The lowest BCUT2D eigenvalue weighted by atomic mass is 10.1. The molecule has 0 radical (unpaired) electrons. The highest BCUT2D eigenvalue weighted by molar-refractivity contribution is 6.32. The molecular formula is C12H12ClNO3. The van der Waals surface area contributed by atoms with Gasteiger partial charge in [-0.1, -0.05) is 23.8 Å². The van der Waals surface area contributed by atoms with Gasteiger partial charge in [0.1, 0.15) is 0 Å². The number of aliphatic hydroxyl groups is 1. The average molecular weight is 254 g/mol. The number of benzene rings is 1. The van der Waals surface area contributed by atoms with Crippen molar-refractivity contribution in [3.8, 4) is 0 Å². The lowest BCUT2D eigenvalue weighted by Gasteiger charge is -2.02. The standard InChI is InChI=1S/C12H12ClNO3/c13-11-5-4-10(14(16)17)7-9(11)3-6-12(15)8-1-2-8/h3-8,12,15H,1-2H2. The summed E-state index contributed by atoms with van der Waals surface area (Å²) in [7, 11) is 0. The first-order valence-electron chi connectivity index (χ1n) is 5.38. The molecule has 1 fully saturated rings. The largest absolute Gasteiger partial charge is 0.389 e. The van der Waals surface area contributed by atoms with Crippen molar-refractivity contribution < 1.29 is 10.0 Å². The number of aliphatic hydroxyl groups excluding tert-OH is 1. The predicted molar refractivity (Wildman–Crippen MR) is 65.9 cm³/mol. The Morgan fingerprint density at radius 3 is 2.82 bits per heavy atom. The molecule has 1 aromatic carbocycles. The van der Waals surface area contributed by atoms with Gasteiger partial charge in [-0.2, -0.15) is 0 Å². The fraction of sp³-hybridized carbons (Fsp3) is 0.333. The molecule has 1 saturated carbocycles. The zero-order chi connectivity index (χ0) is 12.4. The number of non-ortho nitro benzene ring substituents is 1. The number of nitro groups is 1. The van der Waals surface area contributed by atoms with Gasteiger partial charge in [0.25, 0.3) is 5.69 Å². The van der Waals surface area contributed by atoms with Crippen LogP contribution in [0.2, 0.25) is 5.02 Å². The number of hydrogen-bond acceptors (Lipinski definition) is 3. The average Bonchev–Trinajstić information content (AvgIpc) is 3.11. The van der Waals surface area contributed by atoms with Crippen LogP contribution in [0.25, 0.3) is 6.08 Å². The maximum atomic E-state index is 10.6. The van der Waals surface area contributed by atoms with Gasteiger partial charge in [-0.3, -0.25) is 10.1 Å². The van der Waals surface area contributed by atoms with E-state index in [-0.39, 0.29) is 5.69 Å². The van der Waals surface area contributed by atoms with Crippen LogP contribution in [0.1, 0.15) is 18.4 Å². The van der Waals surface area contributed by atoms with Crippen LogP contribution in [0, 0.1) is 16.0 Å². The summed E-state index contributed by atoms with van der Waals surface area (Å²) in [6.07, 6.45) is 4.87. The molecular weight excluding hydrogens is 242 g/mol. The van der Waals surface area contributed by atoms with Gasteiger partial charge in [-0.15, -0.1) is 0 Å². The molecule has 0 spiro atoms. The SMILES string of the molecule is O=[N+]([O-])c1ccc(Cl)c(C=CC(O)C2CC2)c1. The summed E-state index contributed by atoms with van der Waals surface area (Å²) in [6, 6.07) is 4.25. The Morgan fingerprint density at radius 1 is 1.53 bits per heavy atom. The summed E-state index contributed by atoms with van der Waals surface area (Å²) in [6.45, 7) is 0. The third kappa shape index (κ3) is 3.05. The summed E-state index contributed by atoms with van der Waals surface area (Å²) in [5, 5.41) is 20.7. The van der Waals surface area contributed by atoms with E-state index in [9.17, 15) is 15.2 Å². The number of halogens is 1. The van der Waals surface area contributed by atoms with Crippen LogP contribution in [0.15, 0.2) is 24.3 Å². The van der Waals surface area contributed by atoms with E-state index < -0.39 is 11.0 Å². The van der Waals surface area contributed by atoms with E-state index in [2.05, 4.69) is 0 Å². The zero-order valence-corrected chi connectivity index (χ0v) is 9.80. The molecule has 0 aromatic heterocycles. The summed E-state index contributed by atoms with van der Waals surface area (Å²) in [5.41, 5.74) is 0.551. The van der Waals surface area contributed by atoms with E-state index in [0.29, 0.717) is 16.5 Å². The number of nitro benzene ring substituents is 1. The second-order valence-corrected chi connectivity index (χ2v) is 4.56. The molecule has 0 heterocycles. The van der Waals surface area contributed by atoms with E-state index in [1.54, 1.807) is 12.2 Å². The molecule has 1 unspecified atom stereocenters. The minimum atomic E-state index is -0.481. The highest BCUT2D eigenvalue weighted by atomic mass is 35.5. The molecule has 4 nitrogen and oxygen atoms in total. The molecule has 0 bridgehead atoms. The Bertz CT molecular complexity index is 469. The van der Waals surface area contributed by atoms with Crippen LogP contribution in [0.3, 0.4) is 0 Å². The Labute approximate surface area is 104 Å². The summed E-state index contributed by atoms with van der Waals surface area (Å²) < 4.78 is 0. The molecule has 2 rings (SSSR count). The third-order valence-corrected chi connectivity index (χ3v) is 3.11. The minimum absolute atomic E-state index is 0.00467. The van der Waals surface area contributed by atoms with Crippen LogP contribution < -0.4 is 0 Å². The molecule has 1 N–H and O–H groups in total. The number of hydrogen-bond donors (Lipinski definition) is 1. The van der Waals surface area contributed by atoms with Crippen molar-refractivity contribution in [1.82, 2.24) is 0 Å². The molecule has 0 saturated heterocycles. The highest BCUT2D eigenvalue weighted by Crippen LogP contribution is 2.33. The molecule has 5 heteroatoms. The predicted octanol–water partition coefficient (Wildman–Crippen LogP) is 3.03. The molecule has 17 heavy (non-hydrogen) atoms. The Balaban J connectivity index is 2.18. The van der Waals surface area contributed by atoms with Crippen molar-refractivity contribution in [2.75, 3.05) is 0 Å². The van der Waals surface area contributed by atoms with Crippen LogP contribution in [0.4, 0.5) is 5.69 Å². The summed E-state index contributed by atoms with van der Waals surface area (Å²) in [4.78, 5) is 10.1. The molecule has 1 aliphatic carbocycles. The molecule has 1 atom stereocenters. The quantitative estimate of drug-likeness (QED) is 0.663. The Hall–Kier alpha value is -1.39. The van der Waals surface area contributed by atoms with Crippen LogP contribution in [-0.4, -0.2) is 16.1 Å². The molecule has 0 amide bonds. The van der Waals surface area contributed by atoms with Crippen molar-refractivity contribution in [3.63, 3.8) is 0 Å².